The molecule has 3 rings (SSSR count). The number of likely N-dealkylation sites (tertiary alicyclic amines) is 1. The van der Waals surface area contributed by atoms with Crippen LogP contribution in [0, 0.1) is 5.92 Å². The largest absolute Gasteiger partial charge is 0.481 e. The third kappa shape index (κ3) is 5.15. The average molecular weight is 373 g/mol. The zero-order valence-electron chi connectivity index (χ0n) is 15.6. The maximum absolute atomic E-state index is 10.8. The number of carboxylic acids is 1. The first kappa shape index (κ1) is 19.1. The Hall–Kier alpha value is -1.72. The Morgan fingerprint density at radius 3 is 2.81 bits per heavy atom. The second-order valence-corrected chi connectivity index (χ2v) is 8.45. The summed E-state index contributed by atoms with van der Waals surface area (Å²) < 4.78 is 0. The van der Waals surface area contributed by atoms with Gasteiger partial charge in [0.25, 0.3) is 0 Å². The lowest BCUT2D eigenvalue weighted by Gasteiger charge is -2.32. The molecule has 0 radical (unpaired) electrons. The molecule has 0 saturated carbocycles. The van der Waals surface area contributed by atoms with Crippen LogP contribution in [-0.2, 0) is 11.3 Å². The van der Waals surface area contributed by atoms with Crippen molar-refractivity contribution in [3.63, 3.8) is 0 Å². The molecular formula is C21H28N2O2S. The molecule has 2 heterocycles. The van der Waals surface area contributed by atoms with E-state index < -0.39 is 5.97 Å². The van der Waals surface area contributed by atoms with Gasteiger partial charge in [-0.05, 0) is 43.2 Å². The van der Waals surface area contributed by atoms with E-state index in [-0.39, 0.29) is 6.42 Å². The molecular weight excluding hydrogens is 344 g/mol. The molecule has 0 spiro atoms. The van der Waals surface area contributed by atoms with E-state index in [4.69, 9.17) is 10.1 Å². The Morgan fingerprint density at radius 2 is 2.12 bits per heavy atom. The molecule has 1 atom stereocenters. The Morgan fingerprint density at radius 1 is 1.35 bits per heavy atom. The monoisotopic (exact) mass is 372 g/mol. The van der Waals surface area contributed by atoms with Crippen molar-refractivity contribution < 1.29 is 9.90 Å². The van der Waals surface area contributed by atoms with Gasteiger partial charge in [0.2, 0.25) is 0 Å². The van der Waals surface area contributed by atoms with Crippen LogP contribution in [0.4, 0.5) is 0 Å². The Kier molecular flexibility index (Phi) is 6.43. The molecule has 140 valence electrons. The first-order chi connectivity index (χ1) is 12.5. The summed E-state index contributed by atoms with van der Waals surface area (Å²) in [4.78, 5) is 18.0. The Labute approximate surface area is 159 Å². The number of rotatable bonds is 7. The number of nitrogens with zero attached hydrogens (tertiary/aromatic N) is 2. The molecule has 1 fully saturated rings. The molecule has 4 nitrogen and oxygen atoms in total. The molecule has 1 aliphatic rings. The van der Waals surface area contributed by atoms with Gasteiger partial charge in [-0.3, -0.25) is 9.69 Å². The number of benzene rings is 1. The van der Waals surface area contributed by atoms with Crippen LogP contribution in [0.5, 0.6) is 0 Å². The van der Waals surface area contributed by atoms with Crippen molar-refractivity contribution in [3.8, 4) is 10.6 Å². The summed E-state index contributed by atoms with van der Waals surface area (Å²) in [5.41, 5.74) is 3.66. The molecule has 1 aromatic heterocycles. The van der Waals surface area contributed by atoms with E-state index in [0.29, 0.717) is 11.8 Å². The number of carboxylic acid groups (broad SMARTS) is 1. The first-order valence-electron chi connectivity index (χ1n) is 9.50. The van der Waals surface area contributed by atoms with Gasteiger partial charge in [0.15, 0.2) is 0 Å². The van der Waals surface area contributed by atoms with Crippen molar-refractivity contribution in [2.75, 3.05) is 13.1 Å². The van der Waals surface area contributed by atoms with Crippen LogP contribution >= 0.6 is 11.3 Å². The number of hydrogen-bond donors (Lipinski definition) is 1. The summed E-state index contributed by atoms with van der Waals surface area (Å²) in [6.45, 7) is 7.35. The van der Waals surface area contributed by atoms with E-state index in [2.05, 4.69) is 48.4 Å². The van der Waals surface area contributed by atoms with Crippen LogP contribution in [0.1, 0.15) is 56.7 Å². The van der Waals surface area contributed by atoms with E-state index in [1.165, 1.54) is 11.1 Å². The number of carbonyl (C=O) groups is 1. The number of thiazole rings is 1. The van der Waals surface area contributed by atoms with Crippen molar-refractivity contribution >= 4 is 17.3 Å². The summed E-state index contributed by atoms with van der Waals surface area (Å²) in [5, 5.41) is 12.1. The average Bonchev–Trinajstić information content (AvgIpc) is 3.09. The predicted molar refractivity (Wildman–Crippen MR) is 107 cm³/mol. The van der Waals surface area contributed by atoms with Gasteiger partial charge >= 0.3 is 5.97 Å². The lowest BCUT2D eigenvalue weighted by atomic mass is 9.93. The number of hydrogen-bond acceptors (Lipinski definition) is 4. The van der Waals surface area contributed by atoms with Crippen LogP contribution in [0.3, 0.4) is 0 Å². The molecule has 1 N–H and O–H groups in total. The van der Waals surface area contributed by atoms with E-state index in [1.807, 2.05) is 0 Å². The van der Waals surface area contributed by atoms with Crippen molar-refractivity contribution in [2.24, 2.45) is 5.92 Å². The molecule has 1 saturated heterocycles. The van der Waals surface area contributed by atoms with Gasteiger partial charge in [-0.1, -0.05) is 38.1 Å². The molecule has 2 aromatic rings. The molecule has 5 heteroatoms. The third-order valence-corrected chi connectivity index (χ3v) is 6.07. The van der Waals surface area contributed by atoms with Gasteiger partial charge in [-0.25, -0.2) is 4.98 Å². The molecule has 26 heavy (non-hydrogen) atoms. The van der Waals surface area contributed by atoms with Crippen LogP contribution in [-0.4, -0.2) is 34.0 Å². The first-order valence-corrected chi connectivity index (χ1v) is 10.4. The fourth-order valence-corrected chi connectivity index (χ4v) is 4.43. The van der Waals surface area contributed by atoms with E-state index in [9.17, 15) is 4.79 Å². The SMILES string of the molecule is CC(C)c1ccc(-c2nc(CN3CCCC(CCC(=O)O)C3)cs2)cc1. The fraction of sp³-hybridized carbons (Fsp3) is 0.524. The Balaban J connectivity index is 1.58. The lowest BCUT2D eigenvalue weighted by molar-refractivity contribution is -0.137. The van der Waals surface area contributed by atoms with Gasteiger partial charge in [0.1, 0.15) is 5.01 Å². The maximum Gasteiger partial charge on any atom is 0.303 e. The summed E-state index contributed by atoms with van der Waals surface area (Å²) in [6.07, 6.45) is 3.37. The fourth-order valence-electron chi connectivity index (χ4n) is 3.61. The van der Waals surface area contributed by atoms with Crippen LogP contribution in [0.2, 0.25) is 0 Å². The molecule has 0 aliphatic carbocycles. The van der Waals surface area contributed by atoms with Gasteiger partial charge in [-0.2, -0.15) is 0 Å². The summed E-state index contributed by atoms with van der Waals surface area (Å²) in [5.74, 6) is 0.361. The Bertz CT molecular complexity index is 724. The maximum atomic E-state index is 10.8. The predicted octanol–water partition coefficient (Wildman–Crippen LogP) is 5.01. The van der Waals surface area contributed by atoms with Crippen LogP contribution < -0.4 is 0 Å². The van der Waals surface area contributed by atoms with Gasteiger partial charge in [0.05, 0.1) is 5.69 Å². The second-order valence-electron chi connectivity index (χ2n) is 7.60. The topological polar surface area (TPSA) is 53.4 Å². The summed E-state index contributed by atoms with van der Waals surface area (Å²) >= 11 is 1.70. The smallest absolute Gasteiger partial charge is 0.303 e. The van der Waals surface area contributed by atoms with Crippen LogP contribution in [0.25, 0.3) is 10.6 Å². The summed E-state index contributed by atoms with van der Waals surface area (Å²) in [7, 11) is 0. The number of aliphatic carboxylic acids is 1. The van der Waals surface area contributed by atoms with Crippen molar-refractivity contribution in [2.45, 2.75) is 52.0 Å². The second kappa shape index (κ2) is 8.78. The van der Waals surface area contributed by atoms with Gasteiger partial charge in [-0.15, -0.1) is 11.3 Å². The van der Waals surface area contributed by atoms with E-state index >= 15 is 0 Å². The molecule has 1 aliphatic heterocycles. The van der Waals surface area contributed by atoms with Crippen molar-refractivity contribution in [3.05, 3.63) is 40.9 Å². The van der Waals surface area contributed by atoms with E-state index in [1.54, 1.807) is 11.3 Å². The van der Waals surface area contributed by atoms with Crippen molar-refractivity contribution in [1.82, 2.24) is 9.88 Å². The highest BCUT2D eigenvalue weighted by Crippen LogP contribution is 2.27. The van der Waals surface area contributed by atoms with Crippen LogP contribution in [0.15, 0.2) is 29.6 Å². The third-order valence-electron chi connectivity index (χ3n) is 5.13. The standard InChI is InChI=1S/C21H28N2O2S/c1-15(2)17-6-8-18(9-7-17)21-22-19(14-26-21)13-23-11-3-4-16(12-23)5-10-20(24)25/h6-9,14-16H,3-5,10-13H2,1-2H3,(H,24,25). The van der Waals surface area contributed by atoms with E-state index in [0.717, 1.165) is 49.6 Å². The molecule has 0 bridgehead atoms. The summed E-state index contributed by atoms with van der Waals surface area (Å²) in [6, 6.07) is 8.72. The minimum atomic E-state index is -0.685. The zero-order valence-corrected chi connectivity index (χ0v) is 16.5. The van der Waals surface area contributed by atoms with Gasteiger partial charge < -0.3 is 5.11 Å². The molecule has 1 unspecified atom stereocenters. The lowest BCUT2D eigenvalue weighted by Crippen LogP contribution is -2.35. The van der Waals surface area contributed by atoms with Gasteiger partial charge in [0, 0.05) is 30.5 Å². The number of piperidine rings is 1. The minimum absolute atomic E-state index is 0.283. The van der Waals surface area contributed by atoms with Crippen molar-refractivity contribution in [1.29, 1.82) is 0 Å². The molecule has 1 aromatic carbocycles. The highest BCUT2D eigenvalue weighted by atomic mass is 32.1. The quantitative estimate of drug-likeness (QED) is 0.742. The normalized spacial score (nSPS) is 18.3. The minimum Gasteiger partial charge on any atom is -0.481 e. The molecule has 0 amide bonds. The zero-order chi connectivity index (χ0) is 18.5. The highest BCUT2D eigenvalue weighted by molar-refractivity contribution is 7.13. The number of aromatic nitrogens is 1. The highest BCUT2D eigenvalue weighted by Gasteiger charge is 2.21.